The second-order valence-electron chi connectivity index (χ2n) is 6.08. The maximum absolute atomic E-state index is 5.76. The van der Waals surface area contributed by atoms with Gasteiger partial charge in [-0.15, -0.1) is 24.0 Å². The summed E-state index contributed by atoms with van der Waals surface area (Å²) in [6, 6.07) is 3.71. The summed E-state index contributed by atoms with van der Waals surface area (Å²) in [7, 11) is 6.59. The first-order valence-corrected chi connectivity index (χ1v) is 9.14. The monoisotopic (exact) mass is 509 g/mol. The zero-order valence-corrected chi connectivity index (χ0v) is 19.4. The standard InChI is InChI=1S/C19H31N3O5.HI/c1-20-19(21-7-5-8-27-15-6-9-26-13-15)22-12-14-10-17(24-3)18(25-4)11-16(14)23-2;/h10-11,15H,5-9,12-13H2,1-4H3,(H2,20,21,22);1H. The molecule has 1 atom stereocenters. The topological polar surface area (TPSA) is 82.6 Å². The summed E-state index contributed by atoms with van der Waals surface area (Å²) < 4.78 is 27.2. The minimum Gasteiger partial charge on any atom is -0.496 e. The number of ether oxygens (including phenoxy) is 5. The van der Waals surface area contributed by atoms with Crippen LogP contribution in [-0.4, -0.2) is 66.8 Å². The van der Waals surface area contributed by atoms with E-state index in [0.717, 1.165) is 43.3 Å². The van der Waals surface area contributed by atoms with Gasteiger partial charge in [0.2, 0.25) is 0 Å². The number of nitrogens with one attached hydrogen (secondary N) is 2. The van der Waals surface area contributed by atoms with Crippen LogP contribution in [-0.2, 0) is 16.0 Å². The summed E-state index contributed by atoms with van der Waals surface area (Å²) in [4.78, 5) is 4.25. The van der Waals surface area contributed by atoms with Gasteiger partial charge >= 0.3 is 0 Å². The molecule has 1 fully saturated rings. The number of hydrogen-bond acceptors (Lipinski definition) is 6. The average Bonchev–Trinajstić information content (AvgIpc) is 3.22. The molecule has 28 heavy (non-hydrogen) atoms. The van der Waals surface area contributed by atoms with Crippen molar-refractivity contribution in [3.63, 3.8) is 0 Å². The van der Waals surface area contributed by atoms with Gasteiger partial charge in [-0.3, -0.25) is 4.99 Å². The van der Waals surface area contributed by atoms with E-state index in [-0.39, 0.29) is 30.1 Å². The lowest BCUT2D eigenvalue weighted by atomic mass is 10.1. The van der Waals surface area contributed by atoms with Crippen LogP contribution in [0.4, 0.5) is 0 Å². The molecule has 0 amide bonds. The van der Waals surface area contributed by atoms with Gasteiger partial charge in [0, 0.05) is 45.0 Å². The molecule has 1 unspecified atom stereocenters. The van der Waals surface area contributed by atoms with E-state index in [1.54, 1.807) is 28.4 Å². The smallest absolute Gasteiger partial charge is 0.191 e. The lowest BCUT2D eigenvalue weighted by Crippen LogP contribution is -2.37. The first-order valence-electron chi connectivity index (χ1n) is 9.14. The molecule has 1 aromatic carbocycles. The molecule has 1 saturated heterocycles. The second-order valence-corrected chi connectivity index (χ2v) is 6.08. The van der Waals surface area contributed by atoms with Crippen LogP contribution in [0, 0.1) is 0 Å². The number of nitrogens with zero attached hydrogens (tertiary/aromatic N) is 1. The summed E-state index contributed by atoms with van der Waals surface area (Å²) in [6.07, 6.45) is 2.14. The summed E-state index contributed by atoms with van der Waals surface area (Å²) in [6.45, 7) is 3.54. The molecule has 1 aliphatic rings. The summed E-state index contributed by atoms with van der Waals surface area (Å²) in [5.74, 6) is 2.73. The molecule has 9 heteroatoms. The molecular weight excluding hydrogens is 477 g/mol. The molecule has 160 valence electrons. The highest BCUT2D eigenvalue weighted by Gasteiger charge is 2.15. The Bertz CT molecular complexity index is 609. The Balaban J connectivity index is 0.00000392. The Hall–Kier alpha value is -1.46. The van der Waals surface area contributed by atoms with E-state index in [1.165, 1.54) is 0 Å². The molecule has 1 aliphatic heterocycles. The molecule has 1 aromatic rings. The fraction of sp³-hybridized carbons (Fsp3) is 0.632. The molecule has 2 N–H and O–H groups in total. The van der Waals surface area contributed by atoms with Gasteiger partial charge in [0.05, 0.1) is 34.0 Å². The maximum atomic E-state index is 5.76. The van der Waals surface area contributed by atoms with Crippen LogP contribution < -0.4 is 24.8 Å². The third kappa shape index (κ3) is 7.51. The van der Waals surface area contributed by atoms with Gasteiger partial charge in [-0.05, 0) is 18.9 Å². The lowest BCUT2D eigenvalue weighted by molar-refractivity contribution is 0.0420. The summed E-state index contributed by atoms with van der Waals surface area (Å²) in [5, 5.41) is 6.57. The number of guanidine groups is 1. The van der Waals surface area contributed by atoms with Crippen molar-refractivity contribution in [1.29, 1.82) is 0 Å². The van der Waals surface area contributed by atoms with Crippen LogP contribution in [0.3, 0.4) is 0 Å². The van der Waals surface area contributed by atoms with E-state index < -0.39 is 0 Å². The van der Waals surface area contributed by atoms with Crippen LogP contribution in [0.2, 0.25) is 0 Å². The Labute approximate surface area is 184 Å². The van der Waals surface area contributed by atoms with Crippen molar-refractivity contribution >= 4 is 29.9 Å². The normalized spacial score (nSPS) is 16.3. The molecular formula is C19H32IN3O5. The Kier molecular flexibility index (Phi) is 12.0. The second kappa shape index (κ2) is 13.7. The Morgan fingerprint density at radius 1 is 1.11 bits per heavy atom. The van der Waals surface area contributed by atoms with Gasteiger partial charge in [-0.25, -0.2) is 0 Å². The lowest BCUT2D eigenvalue weighted by Gasteiger charge is -2.16. The Morgan fingerprint density at radius 2 is 1.82 bits per heavy atom. The third-order valence-electron chi connectivity index (χ3n) is 4.31. The minimum atomic E-state index is 0. The summed E-state index contributed by atoms with van der Waals surface area (Å²) in [5.41, 5.74) is 0.947. The fourth-order valence-corrected chi connectivity index (χ4v) is 2.80. The molecule has 1 heterocycles. The van der Waals surface area contributed by atoms with Crippen molar-refractivity contribution in [3.05, 3.63) is 17.7 Å². The predicted octanol–water partition coefficient (Wildman–Crippen LogP) is 2.19. The molecule has 0 aromatic heterocycles. The van der Waals surface area contributed by atoms with Crippen LogP contribution >= 0.6 is 24.0 Å². The van der Waals surface area contributed by atoms with E-state index in [0.29, 0.717) is 31.3 Å². The first-order chi connectivity index (χ1) is 13.2. The van der Waals surface area contributed by atoms with E-state index in [1.807, 2.05) is 12.1 Å². The highest BCUT2D eigenvalue weighted by atomic mass is 127. The minimum absolute atomic E-state index is 0. The van der Waals surface area contributed by atoms with Crippen LogP contribution in [0.1, 0.15) is 18.4 Å². The van der Waals surface area contributed by atoms with E-state index in [9.17, 15) is 0 Å². The van der Waals surface area contributed by atoms with Crippen LogP contribution in [0.25, 0.3) is 0 Å². The Morgan fingerprint density at radius 3 is 2.43 bits per heavy atom. The van der Waals surface area contributed by atoms with Crippen molar-refractivity contribution in [3.8, 4) is 17.2 Å². The third-order valence-corrected chi connectivity index (χ3v) is 4.31. The largest absolute Gasteiger partial charge is 0.496 e. The van der Waals surface area contributed by atoms with Crippen LogP contribution in [0.5, 0.6) is 17.2 Å². The van der Waals surface area contributed by atoms with Gasteiger partial charge in [0.1, 0.15) is 5.75 Å². The SMILES string of the molecule is CN=C(NCCCOC1CCOC1)NCc1cc(OC)c(OC)cc1OC.I. The number of aliphatic imine (C=N–C) groups is 1. The number of hydrogen-bond donors (Lipinski definition) is 2. The van der Waals surface area contributed by atoms with Crippen molar-refractivity contribution in [1.82, 2.24) is 10.6 Å². The predicted molar refractivity (Wildman–Crippen MR) is 120 cm³/mol. The quantitative estimate of drug-likeness (QED) is 0.217. The van der Waals surface area contributed by atoms with E-state index in [2.05, 4.69) is 15.6 Å². The molecule has 8 nitrogen and oxygen atoms in total. The van der Waals surface area contributed by atoms with Gasteiger partial charge in [0.25, 0.3) is 0 Å². The average molecular weight is 509 g/mol. The van der Waals surface area contributed by atoms with Gasteiger partial charge in [-0.2, -0.15) is 0 Å². The van der Waals surface area contributed by atoms with Crippen LogP contribution in [0.15, 0.2) is 17.1 Å². The molecule has 0 aliphatic carbocycles. The van der Waals surface area contributed by atoms with Crippen molar-refractivity contribution < 1.29 is 23.7 Å². The fourth-order valence-electron chi connectivity index (χ4n) is 2.80. The molecule has 0 saturated carbocycles. The maximum Gasteiger partial charge on any atom is 0.191 e. The number of halogens is 1. The number of benzene rings is 1. The highest BCUT2D eigenvalue weighted by molar-refractivity contribution is 14.0. The number of methoxy groups -OCH3 is 3. The summed E-state index contributed by atoms with van der Waals surface area (Å²) >= 11 is 0. The van der Waals surface area contributed by atoms with Gasteiger partial charge < -0.3 is 34.3 Å². The van der Waals surface area contributed by atoms with Crippen molar-refractivity contribution in [2.75, 3.05) is 54.7 Å². The van der Waals surface area contributed by atoms with E-state index in [4.69, 9.17) is 23.7 Å². The molecule has 0 radical (unpaired) electrons. The van der Waals surface area contributed by atoms with Gasteiger partial charge in [0.15, 0.2) is 17.5 Å². The van der Waals surface area contributed by atoms with Crippen molar-refractivity contribution in [2.45, 2.75) is 25.5 Å². The highest BCUT2D eigenvalue weighted by Crippen LogP contribution is 2.34. The zero-order valence-electron chi connectivity index (χ0n) is 17.1. The molecule has 2 rings (SSSR count). The van der Waals surface area contributed by atoms with Crippen molar-refractivity contribution in [2.24, 2.45) is 4.99 Å². The van der Waals surface area contributed by atoms with Gasteiger partial charge in [-0.1, -0.05) is 0 Å². The van der Waals surface area contributed by atoms with E-state index >= 15 is 0 Å². The zero-order chi connectivity index (χ0) is 19.5. The molecule has 0 spiro atoms. The number of rotatable bonds is 10. The first kappa shape index (κ1) is 24.6. The molecule has 0 bridgehead atoms.